The van der Waals surface area contributed by atoms with Crippen molar-refractivity contribution in [2.24, 2.45) is 0 Å². The molecule has 1 aromatic heterocycles. The zero-order valence-corrected chi connectivity index (χ0v) is 13.6. The topological polar surface area (TPSA) is 68.2 Å². The molecule has 128 valence electrons. The molecule has 1 saturated heterocycles. The number of aromatic nitrogens is 2. The molecular weight excluding hydrogens is 311 g/mol. The minimum atomic E-state index is -0.760. The summed E-state index contributed by atoms with van der Waals surface area (Å²) < 4.78 is 20.9. The van der Waals surface area contributed by atoms with Gasteiger partial charge in [-0.25, -0.2) is 4.39 Å². The Labute approximate surface area is 140 Å². The second-order valence-electron chi connectivity index (χ2n) is 5.76. The molecule has 2 N–H and O–H groups in total. The lowest BCUT2D eigenvalue weighted by molar-refractivity contribution is -0.126. The summed E-state index contributed by atoms with van der Waals surface area (Å²) in [6.45, 7) is 3.63. The van der Waals surface area contributed by atoms with Crippen molar-refractivity contribution in [1.29, 1.82) is 0 Å². The van der Waals surface area contributed by atoms with E-state index in [0.717, 1.165) is 13.1 Å². The van der Waals surface area contributed by atoms with Crippen molar-refractivity contribution in [3.05, 3.63) is 42.5 Å². The molecule has 0 unspecified atom stereocenters. The average molecular weight is 332 g/mol. The van der Waals surface area contributed by atoms with Crippen LogP contribution >= 0.6 is 0 Å². The standard InChI is InChI=1S/C17H21FN4O2/c1-2-24-15-5-4-13(12-14(15)18)21-16(23)17(6-9-19-10-7-17)22-11-3-8-20-22/h3-5,8,11-12,19H,2,6-7,9-10H2,1H3,(H,21,23). The lowest BCUT2D eigenvalue weighted by Gasteiger charge is -2.36. The van der Waals surface area contributed by atoms with Crippen molar-refractivity contribution in [1.82, 2.24) is 15.1 Å². The van der Waals surface area contributed by atoms with Crippen LogP contribution in [-0.4, -0.2) is 35.4 Å². The van der Waals surface area contributed by atoms with E-state index in [1.54, 1.807) is 36.1 Å². The molecule has 0 bridgehead atoms. The van der Waals surface area contributed by atoms with E-state index in [1.165, 1.54) is 12.1 Å². The summed E-state index contributed by atoms with van der Waals surface area (Å²) in [5.41, 5.74) is -0.352. The molecule has 0 aliphatic carbocycles. The highest BCUT2D eigenvalue weighted by Gasteiger charge is 2.42. The Morgan fingerprint density at radius 2 is 2.25 bits per heavy atom. The molecule has 1 aliphatic heterocycles. The van der Waals surface area contributed by atoms with Crippen LogP contribution in [0.3, 0.4) is 0 Å². The van der Waals surface area contributed by atoms with Gasteiger partial charge in [-0.1, -0.05) is 0 Å². The molecule has 0 saturated carbocycles. The monoisotopic (exact) mass is 332 g/mol. The van der Waals surface area contributed by atoms with Gasteiger partial charge in [0, 0.05) is 24.1 Å². The van der Waals surface area contributed by atoms with Gasteiger partial charge >= 0.3 is 0 Å². The van der Waals surface area contributed by atoms with E-state index in [9.17, 15) is 9.18 Å². The number of benzene rings is 1. The SMILES string of the molecule is CCOc1ccc(NC(=O)C2(n3cccn3)CCNCC2)cc1F. The van der Waals surface area contributed by atoms with Gasteiger partial charge in [0.2, 0.25) is 0 Å². The molecule has 0 atom stereocenters. The molecule has 6 nitrogen and oxygen atoms in total. The fraction of sp³-hybridized carbons (Fsp3) is 0.412. The molecule has 2 aromatic rings. The number of nitrogens with one attached hydrogen (secondary N) is 2. The Balaban J connectivity index is 1.83. The molecule has 2 heterocycles. The van der Waals surface area contributed by atoms with Gasteiger partial charge < -0.3 is 15.4 Å². The summed E-state index contributed by atoms with van der Waals surface area (Å²) in [5.74, 6) is -0.497. The Kier molecular flexibility index (Phi) is 4.80. The number of hydrogen-bond acceptors (Lipinski definition) is 4. The van der Waals surface area contributed by atoms with Crippen LogP contribution in [0.5, 0.6) is 5.75 Å². The van der Waals surface area contributed by atoms with E-state index < -0.39 is 11.4 Å². The highest BCUT2D eigenvalue weighted by molar-refractivity contribution is 5.96. The minimum Gasteiger partial charge on any atom is -0.491 e. The first-order valence-electron chi connectivity index (χ1n) is 8.10. The van der Waals surface area contributed by atoms with Crippen LogP contribution in [-0.2, 0) is 10.3 Å². The molecular formula is C17H21FN4O2. The zero-order chi connectivity index (χ0) is 17.0. The number of amides is 1. The predicted octanol–water partition coefficient (Wildman–Crippen LogP) is 2.14. The molecule has 1 fully saturated rings. The highest BCUT2D eigenvalue weighted by atomic mass is 19.1. The van der Waals surface area contributed by atoms with E-state index >= 15 is 0 Å². The van der Waals surface area contributed by atoms with Gasteiger partial charge in [0.05, 0.1) is 6.61 Å². The number of nitrogens with zero attached hydrogens (tertiary/aromatic N) is 2. The van der Waals surface area contributed by atoms with Crippen LogP contribution in [0.4, 0.5) is 10.1 Å². The number of carbonyl (C=O) groups excluding carboxylic acids is 1. The van der Waals surface area contributed by atoms with E-state index in [-0.39, 0.29) is 11.7 Å². The lowest BCUT2D eigenvalue weighted by Crippen LogP contribution is -2.52. The van der Waals surface area contributed by atoms with E-state index in [1.807, 2.05) is 0 Å². The fourth-order valence-corrected chi connectivity index (χ4v) is 3.02. The van der Waals surface area contributed by atoms with Crippen LogP contribution in [0, 0.1) is 5.82 Å². The van der Waals surface area contributed by atoms with Crippen molar-refractivity contribution in [3.63, 3.8) is 0 Å². The molecule has 3 rings (SSSR count). The molecule has 1 aromatic carbocycles. The Bertz CT molecular complexity index is 697. The molecule has 1 aliphatic rings. The predicted molar refractivity (Wildman–Crippen MR) is 88.5 cm³/mol. The number of piperidine rings is 1. The van der Waals surface area contributed by atoms with Crippen LogP contribution in [0.2, 0.25) is 0 Å². The summed E-state index contributed by atoms with van der Waals surface area (Å²) in [4.78, 5) is 13.0. The molecule has 0 radical (unpaired) electrons. The first-order valence-corrected chi connectivity index (χ1v) is 8.10. The number of carbonyl (C=O) groups is 1. The second kappa shape index (κ2) is 7.00. The third-order valence-electron chi connectivity index (χ3n) is 4.29. The zero-order valence-electron chi connectivity index (χ0n) is 13.6. The maximum absolute atomic E-state index is 14.0. The molecule has 7 heteroatoms. The van der Waals surface area contributed by atoms with E-state index in [2.05, 4.69) is 15.7 Å². The quantitative estimate of drug-likeness (QED) is 0.880. The number of hydrogen-bond donors (Lipinski definition) is 2. The van der Waals surface area contributed by atoms with Gasteiger partial charge in [-0.15, -0.1) is 0 Å². The molecule has 1 amide bonds. The van der Waals surface area contributed by atoms with Crippen molar-refractivity contribution < 1.29 is 13.9 Å². The number of halogens is 1. The van der Waals surface area contributed by atoms with Crippen molar-refractivity contribution >= 4 is 11.6 Å². The van der Waals surface area contributed by atoms with Crippen molar-refractivity contribution in [3.8, 4) is 5.75 Å². The van der Waals surface area contributed by atoms with Gasteiger partial charge in [0.15, 0.2) is 11.6 Å². The number of rotatable bonds is 5. The summed E-state index contributed by atoms with van der Waals surface area (Å²) in [6, 6.07) is 6.25. The normalized spacial score (nSPS) is 16.6. The highest BCUT2D eigenvalue weighted by Crippen LogP contribution is 2.29. The van der Waals surface area contributed by atoms with Crippen LogP contribution in [0.25, 0.3) is 0 Å². The summed E-state index contributed by atoms with van der Waals surface area (Å²) >= 11 is 0. The fourth-order valence-electron chi connectivity index (χ4n) is 3.02. The third kappa shape index (κ3) is 3.12. The Morgan fingerprint density at radius 3 is 2.88 bits per heavy atom. The average Bonchev–Trinajstić information content (AvgIpc) is 3.13. The van der Waals surface area contributed by atoms with Gasteiger partial charge in [-0.05, 0) is 51.1 Å². The maximum atomic E-state index is 14.0. The van der Waals surface area contributed by atoms with E-state index in [0.29, 0.717) is 25.1 Å². The number of anilines is 1. The maximum Gasteiger partial charge on any atom is 0.252 e. The van der Waals surface area contributed by atoms with Crippen LogP contribution < -0.4 is 15.4 Å². The Morgan fingerprint density at radius 1 is 1.46 bits per heavy atom. The summed E-state index contributed by atoms with van der Waals surface area (Å²) in [7, 11) is 0. The Hall–Kier alpha value is -2.41. The first-order chi connectivity index (χ1) is 11.7. The minimum absolute atomic E-state index is 0.180. The van der Waals surface area contributed by atoms with Crippen molar-refractivity contribution in [2.75, 3.05) is 25.0 Å². The van der Waals surface area contributed by atoms with Crippen molar-refractivity contribution in [2.45, 2.75) is 25.3 Å². The third-order valence-corrected chi connectivity index (χ3v) is 4.29. The van der Waals surface area contributed by atoms with Crippen LogP contribution in [0.15, 0.2) is 36.7 Å². The number of ether oxygens (including phenoxy) is 1. The molecule has 24 heavy (non-hydrogen) atoms. The van der Waals surface area contributed by atoms with Gasteiger partial charge in [-0.3, -0.25) is 9.48 Å². The first kappa shape index (κ1) is 16.4. The van der Waals surface area contributed by atoms with Crippen LogP contribution in [0.1, 0.15) is 19.8 Å². The van der Waals surface area contributed by atoms with Gasteiger partial charge in [-0.2, -0.15) is 5.10 Å². The van der Waals surface area contributed by atoms with Gasteiger partial charge in [0.1, 0.15) is 5.54 Å². The van der Waals surface area contributed by atoms with E-state index in [4.69, 9.17) is 4.74 Å². The second-order valence-corrected chi connectivity index (χ2v) is 5.76. The summed E-state index contributed by atoms with van der Waals surface area (Å²) in [6.07, 6.45) is 4.71. The summed E-state index contributed by atoms with van der Waals surface area (Å²) in [5, 5.41) is 10.3. The smallest absolute Gasteiger partial charge is 0.252 e. The molecule has 0 spiro atoms. The lowest BCUT2D eigenvalue weighted by atomic mass is 9.87. The largest absolute Gasteiger partial charge is 0.491 e. The van der Waals surface area contributed by atoms with Gasteiger partial charge in [0.25, 0.3) is 5.91 Å².